The summed E-state index contributed by atoms with van der Waals surface area (Å²) in [5.74, 6) is 1.70. The minimum absolute atomic E-state index is 0.755. The summed E-state index contributed by atoms with van der Waals surface area (Å²) in [4.78, 5) is 8.26. The third-order valence-electron chi connectivity index (χ3n) is 2.75. The monoisotopic (exact) mass is 203 g/mol. The zero-order chi connectivity index (χ0) is 10.5. The van der Waals surface area contributed by atoms with Crippen molar-refractivity contribution in [2.45, 2.75) is 26.2 Å². The molecule has 0 spiro atoms. The molecule has 0 aliphatic heterocycles. The van der Waals surface area contributed by atoms with Crippen LogP contribution in [0, 0.1) is 12.8 Å². The quantitative estimate of drug-likeness (QED) is 0.767. The van der Waals surface area contributed by atoms with Gasteiger partial charge in [0, 0.05) is 18.3 Å². The zero-order valence-electron chi connectivity index (χ0n) is 9.11. The average molecular weight is 203 g/mol. The third kappa shape index (κ3) is 3.05. The van der Waals surface area contributed by atoms with Gasteiger partial charge in [-0.3, -0.25) is 0 Å². The van der Waals surface area contributed by atoms with Gasteiger partial charge in [0.25, 0.3) is 0 Å². The van der Waals surface area contributed by atoms with Crippen molar-refractivity contribution in [1.82, 2.24) is 9.97 Å². The van der Waals surface area contributed by atoms with E-state index in [1.165, 1.54) is 19.3 Å². The Hall–Kier alpha value is -1.38. The number of nitrogens with one attached hydrogen (secondary N) is 1. The topological polar surface area (TPSA) is 37.8 Å². The Morgan fingerprint density at radius 1 is 1.40 bits per heavy atom. The molecule has 15 heavy (non-hydrogen) atoms. The Labute approximate surface area is 90.6 Å². The maximum absolute atomic E-state index is 4.18. The van der Waals surface area contributed by atoms with E-state index in [0.717, 1.165) is 24.0 Å². The molecular formula is C12H17N3. The maximum Gasteiger partial charge on any atom is 0.129 e. The second-order valence-electron chi connectivity index (χ2n) is 4.08. The van der Waals surface area contributed by atoms with Crippen molar-refractivity contribution in [3.8, 4) is 0 Å². The molecule has 0 radical (unpaired) electrons. The van der Waals surface area contributed by atoms with Gasteiger partial charge in [-0.15, -0.1) is 0 Å². The number of rotatable bonds is 3. The van der Waals surface area contributed by atoms with Crippen LogP contribution >= 0.6 is 0 Å². The number of anilines is 1. The van der Waals surface area contributed by atoms with E-state index in [9.17, 15) is 0 Å². The van der Waals surface area contributed by atoms with Crippen LogP contribution in [0.1, 0.15) is 25.0 Å². The molecule has 1 aromatic heterocycles. The number of hydrogen-bond donors (Lipinski definition) is 1. The Kier molecular flexibility index (Phi) is 3.33. The fourth-order valence-electron chi connectivity index (χ4n) is 1.84. The fourth-order valence-corrected chi connectivity index (χ4v) is 1.84. The molecule has 80 valence electrons. The van der Waals surface area contributed by atoms with Crippen LogP contribution in [-0.2, 0) is 0 Å². The number of hydrogen-bond acceptors (Lipinski definition) is 3. The Morgan fingerprint density at radius 2 is 2.33 bits per heavy atom. The Balaban J connectivity index is 1.84. The number of allylic oxidation sites excluding steroid dienone is 2. The van der Waals surface area contributed by atoms with Crippen molar-refractivity contribution in [2.24, 2.45) is 5.92 Å². The Morgan fingerprint density at radius 3 is 3.07 bits per heavy atom. The average Bonchev–Trinajstić information content (AvgIpc) is 2.28. The predicted octanol–water partition coefficient (Wildman–Crippen LogP) is 2.55. The van der Waals surface area contributed by atoms with Crippen molar-refractivity contribution < 1.29 is 0 Å². The molecule has 0 saturated heterocycles. The van der Waals surface area contributed by atoms with Crippen molar-refractivity contribution in [3.63, 3.8) is 0 Å². The summed E-state index contributed by atoms with van der Waals surface area (Å²) >= 11 is 0. The lowest BCUT2D eigenvalue weighted by atomic mass is 9.94. The highest BCUT2D eigenvalue weighted by Crippen LogP contribution is 2.18. The van der Waals surface area contributed by atoms with Crippen LogP contribution in [0.5, 0.6) is 0 Å². The van der Waals surface area contributed by atoms with Gasteiger partial charge in [-0.2, -0.15) is 0 Å². The van der Waals surface area contributed by atoms with Crippen LogP contribution < -0.4 is 5.32 Å². The maximum atomic E-state index is 4.18. The second kappa shape index (κ2) is 4.91. The van der Waals surface area contributed by atoms with Crippen molar-refractivity contribution in [3.05, 3.63) is 30.2 Å². The minimum atomic E-state index is 0.755. The molecule has 0 aromatic carbocycles. The molecule has 1 aromatic rings. The normalized spacial score (nSPS) is 20.2. The van der Waals surface area contributed by atoms with Crippen LogP contribution in [0.3, 0.4) is 0 Å². The molecule has 0 fully saturated rings. The predicted molar refractivity (Wildman–Crippen MR) is 61.7 cm³/mol. The van der Waals surface area contributed by atoms with E-state index in [2.05, 4.69) is 27.4 Å². The summed E-state index contributed by atoms with van der Waals surface area (Å²) in [5.41, 5.74) is 1.01. The highest BCUT2D eigenvalue weighted by Gasteiger charge is 2.09. The summed E-state index contributed by atoms with van der Waals surface area (Å²) in [7, 11) is 0. The Bertz CT molecular complexity index is 346. The molecule has 0 bridgehead atoms. The third-order valence-corrected chi connectivity index (χ3v) is 2.75. The molecule has 1 unspecified atom stereocenters. The minimum Gasteiger partial charge on any atom is -0.370 e. The lowest BCUT2D eigenvalue weighted by molar-refractivity contribution is 0.503. The molecule has 0 saturated carbocycles. The molecule has 3 nitrogen and oxygen atoms in total. The van der Waals surface area contributed by atoms with E-state index in [-0.39, 0.29) is 0 Å². The molecule has 1 aliphatic carbocycles. The highest BCUT2D eigenvalue weighted by atomic mass is 15.0. The van der Waals surface area contributed by atoms with Gasteiger partial charge in [0.15, 0.2) is 0 Å². The van der Waals surface area contributed by atoms with E-state index >= 15 is 0 Å². The molecule has 1 aliphatic rings. The van der Waals surface area contributed by atoms with Crippen molar-refractivity contribution >= 4 is 5.82 Å². The van der Waals surface area contributed by atoms with Crippen LogP contribution in [0.4, 0.5) is 5.82 Å². The first kappa shape index (κ1) is 10.1. The first-order valence-electron chi connectivity index (χ1n) is 5.52. The standard InChI is InChI=1S/C12H17N3/c1-10-7-12(15-9-14-10)13-8-11-5-3-2-4-6-11/h2-3,7,9,11H,4-6,8H2,1H3,(H,13,14,15). The largest absolute Gasteiger partial charge is 0.370 e. The van der Waals surface area contributed by atoms with Crippen LogP contribution in [0.15, 0.2) is 24.5 Å². The molecule has 1 N–H and O–H groups in total. The number of aromatic nitrogens is 2. The van der Waals surface area contributed by atoms with Crippen LogP contribution in [-0.4, -0.2) is 16.5 Å². The molecule has 1 heterocycles. The molecule has 1 atom stereocenters. The summed E-state index contributed by atoms with van der Waals surface area (Å²) < 4.78 is 0. The summed E-state index contributed by atoms with van der Waals surface area (Å²) in [6, 6.07) is 1.98. The molecule has 3 heteroatoms. The summed E-state index contributed by atoms with van der Waals surface area (Å²) in [6.45, 7) is 3.00. The van der Waals surface area contributed by atoms with Crippen LogP contribution in [0.25, 0.3) is 0 Å². The lowest BCUT2D eigenvalue weighted by Crippen LogP contribution is -2.16. The zero-order valence-corrected chi connectivity index (χ0v) is 9.11. The lowest BCUT2D eigenvalue weighted by Gasteiger charge is -2.18. The fraction of sp³-hybridized carbons (Fsp3) is 0.500. The van der Waals surface area contributed by atoms with Gasteiger partial charge < -0.3 is 5.32 Å². The van der Waals surface area contributed by atoms with E-state index < -0.39 is 0 Å². The first-order valence-corrected chi connectivity index (χ1v) is 5.52. The van der Waals surface area contributed by atoms with Gasteiger partial charge in [-0.05, 0) is 32.1 Å². The van der Waals surface area contributed by atoms with E-state index in [1.54, 1.807) is 6.33 Å². The van der Waals surface area contributed by atoms with E-state index in [1.807, 2.05) is 13.0 Å². The SMILES string of the molecule is Cc1cc(NCC2CC=CCC2)ncn1. The van der Waals surface area contributed by atoms with Gasteiger partial charge in [0.05, 0.1) is 0 Å². The smallest absolute Gasteiger partial charge is 0.129 e. The van der Waals surface area contributed by atoms with E-state index in [0.29, 0.717) is 0 Å². The van der Waals surface area contributed by atoms with Gasteiger partial charge in [-0.1, -0.05) is 12.2 Å². The van der Waals surface area contributed by atoms with E-state index in [4.69, 9.17) is 0 Å². The number of aryl methyl sites for hydroxylation is 1. The van der Waals surface area contributed by atoms with Crippen molar-refractivity contribution in [1.29, 1.82) is 0 Å². The van der Waals surface area contributed by atoms with Gasteiger partial charge >= 0.3 is 0 Å². The molecule has 0 amide bonds. The van der Waals surface area contributed by atoms with Crippen LogP contribution in [0.2, 0.25) is 0 Å². The first-order chi connectivity index (χ1) is 7.34. The summed E-state index contributed by atoms with van der Waals surface area (Å²) in [5, 5.41) is 3.37. The molecular weight excluding hydrogens is 186 g/mol. The number of nitrogens with zero attached hydrogens (tertiary/aromatic N) is 2. The second-order valence-corrected chi connectivity index (χ2v) is 4.08. The van der Waals surface area contributed by atoms with Gasteiger partial charge in [0.2, 0.25) is 0 Å². The van der Waals surface area contributed by atoms with Gasteiger partial charge in [-0.25, -0.2) is 9.97 Å². The molecule has 2 rings (SSSR count). The summed E-state index contributed by atoms with van der Waals surface area (Å²) in [6.07, 6.45) is 9.85. The van der Waals surface area contributed by atoms with Gasteiger partial charge in [0.1, 0.15) is 12.1 Å². The highest BCUT2D eigenvalue weighted by molar-refractivity contribution is 5.34. The van der Waals surface area contributed by atoms with Crippen molar-refractivity contribution in [2.75, 3.05) is 11.9 Å².